The first-order valence-electron chi connectivity index (χ1n) is 7.72. The molecule has 144 valence electrons. The molecule has 12 heteroatoms. The number of ether oxygens (including phenoxy) is 2. The lowest BCUT2D eigenvalue weighted by atomic mass is 10.3. The van der Waals surface area contributed by atoms with Crippen LogP contribution in [0.1, 0.15) is 12.2 Å². The molecule has 2 aromatic rings. The van der Waals surface area contributed by atoms with E-state index in [2.05, 4.69) is 25.0 Å². The summed E-state index contributed by atoms with van der Waals surface area (Å²) in [4.78, 5) is 22.9. The van der Waals surface area contributed by atoms with E-state index in [4.69, 9.17) is 5.73 Å². The van der Waals surface area contributed by atoms with Crippen LogP contribution in [0.15, 0.2) is 23.4 Å². The number of fused-ring (bicyclic) bond motifs is 1. The van der Waals surface area contributed by atoms with Crippen molar-refractivity contribution in [1.29, 1.82) is 0 Å². The van der Waals surface area contributed by atoms with Gasteiger partial charge in [0.05, 0.1) is 5.75 Å². The molecule has 0 radical (unpaired) electrons. The highest BCUT2D eigenvalue weighted by molar-refractivity contribution is 7.99. The summed E-state index contributed by atoms with van der Waals surface area (Å²) in [6.45, 7) is 0. The molecule has 0 saturated carbocycles. The minimum Gasteiger partial charge on any atom is -0.395 e. The fourth-order valence-corrected chi connectivity index (χ4v) is 3.01. The zero-order valence-corrected chi connectivity index (χ0v) is 14.9. The van der Waals surface area contributed by atoms with Gasteiger partial charge in [-0.25, -0.2) is 0 Å². The number of nitrogens with one attached hydrogen (secondary N) is 1. The number of aromatic nitrogens is 3. The molecule has 1 aromatic heterocycles. The fraction of sp³-hybridized carbons (Fsp3) is 0.333. The number of carbonyl (C=O) groups is 2. The fourth-order valence-electron chi connectivity index (χ4n) is 2.28. The van der Waals surface area contributed by atoms with E-state index in [9.17, 15) is 18.4 Å². The number of hydrogen-bond donors (Lipinski definition) is 2. The number of primary amides is 1. The van der Waals surface area contributed by atoms with Gasteiger partial charge in [-0.15, -0.1) is 19.0 Å². The Hall–Kier alpha value is -2.89. The molecule has 1 aliphatic rings. The van der Waals surface area contributed by atoms with E-state index < -0.39 is 12.2 Å². The van der Waals surface area contributed by atoms with E-state index in [1.165, 1.54) is 18.2 Å². The topological polar surface area (TPSA) is 121 Å². The van der Waals surface area contributed by atoms with Gasteiger partial charge in [0.15, 0.2) is 16.7 Å². The van der Waals surface area contributed by atoms with Crippen LogP contribution in [-0.4, -0.2) is 38.6 Å². The van der Waals surface area contributed by atoms with Crippen molar-refractivity contribution in [3.63, 3.8) is 0 Å². The third-order valence-corrected chi connectivity index (χ3v) is 4.56. The third kappa shape index (κ3) is 4.64. The Morgan fingerprint density at radius 2 is 2.04 bits per heavy atom. The first-order valence-corrected chi connectivity index (χ1v) is 8.71. The average molecular weight is 399 g/mol. The van der Waals surface area contributed by atoms with Gasteiger partial charge in [-0.2, -0.15) is 0 Å². The standard InChI is InChI=1S/C15H15F2N5O4S/c1-22-12(5-4-11(18)23)20-21-14(22)27-7-13(24)19-8-2-3-9-10(6-8)26-15(16,17)25-9/h2-3,6H,4-5,7H2,1H3,(H2,18,23)(H,19,24). The predicted molar refractivity (Wildman–Crippen MR) is 90.5 cm³/mol. The summed E-state index contributed by atoms with van der Waals surface area (Å²) in [5.41, 5.74) is 5.40. The second kappa shape index (κ2) is 7.39. The molecule has 3 rings (SSSR count). The Kier molecular flexibility index (Phi) is 5.17. The zero-order valence-electron chi connectivity index (χ0n) is 14.1. The lowest BCUT2D eigenvalue weighted by molar-refractivity contribution is -0.286. The zero-order chi connectivity index (χ0) is 19.6. The first kappa shape index (κ1) is 18.9. The highest BCUT2D eigenvalue weighted by atomic mass is 32.2. The quantitative estimate of drug-likeness (QED) is 0.673. The van der Waals surface area contributed by atoms with Gasteiger partial charge in [0, 0.05) is 31.6 Å². The van der Waals surface area contributed by atoms with Crippen LogP contribution in [0.2, 0.25) is 0 Å². The second-order valence-electron chi connectivity index (χ2n) is 5.59. The number of anilines is 1. The number of amides is 2. The van der Waals surface area contributed by atoms with Crippen molar-refractivity contribution in [3.8, 4) is 11.5 Å². The third-order valence-electron chi connectivity index (χ3n) is 3.54. The Bertz CT molecular complexity index is 889. The number of nitrogens with zero attached hydrogens (tertiary/aromatic N) is 3. The summed E-state index contributed by atoms with van der Waals surface area (Å²) in [5.74, 6) is -0.464. The van der Waals surface area contributed by atoms with Crippen LogP contribution in [0.25, 0.3) is 0 Å². The van der Waals surface area contributed by atoms with Crippen molar-refractivity contribution in [2.24, 2.45) is 12.8 Å². The number of aryl methyl sites for hydroxylation is 1. The van der Waals surface area contributed by atoms with Gasteiger partial charge in [0.1, 0.15) is 5.82 Å². The van der Waals surface area contributed by atoms with Gasteiger partial charge in [0.25, 0.3) is 0 Å². The molecule has 9 nitrogen and oxygen atoms in total. The van der Waals surface area contributed by atoms with Crippen LogP contribution in [0, 0.1) is 0 Å². The van der Waals surface area contributed by atoms with Crippen LogP contribution in [0.4, 0.5) is 14.5 Å². The van der Waals surface area contributed by atoms with Crippen LogP contribution in [0.5, 0.6) is 11.5 Å². The Morgan fingerprint density at radius 1 is 1.30 bits per heavy atom. The summed E-state index contributed by atoms with van der Waals surface area (Å²) in [5, 5.41) is 11.0. The van der Waals surface area contributed by atoms with Crippen LogP contribution < -0.4 is 20.5 Å². The molecule has 3 N–H and O–H groups in total. The lowest BCUT2D eigenvalue weighted by Crippen LogP contribution is -2.25. The molecule has 0 fully saturated rings. The molecule has 27 heavy (non-hydrogen) atoms. The highest BCUT2D eigenvalue weighted by Crippen LogP contribution is 2.42. The first-order chi connectivity index (χ1) is 12.7. The Morgan fingerprint density at radius 3 is 2.78 bits per heavy atom. The van der Waals surface area contributed by atoms with E-state index in [1.807, 2.05) is 0 Å². The predicted octanol–water partition coefficient (Wildman–Crippen LogP) is 1.29. The number of hydrogen-bond acceptors (Lipinski definition) is 7. The van der Waals surface area contributed by atoms with Crippen molar-refractivity contribution in [3.05, 3.63) is 24.0 Å². The van der Waals surface area contributed by atoms with Gasteiger partial charge >= 0.3 is 6.29 Å². The minimum absolute atomic E-state index is 0.0202. The van der Waals surface area contributed by atoms with E-state index >= 15 is 0 Å². The number of nitrogens with two attached hydrogens (primary N) is 1. The molecule has 0 aliphatic carbocycles. The molecule has 0 atom stereocenters. The van der Waals surface area contributed by atoms with Gasteiger partial charge in [0.2, 0.25) is 11.8 Å². The molecular formula is C15H15F2N5O4S. The number of thioether (sulfide) groups is 1. The molecule has 1 aliphatic heterocycles. The average Bonchev–Trinajstić information content (AvgIpc) is 3.08. The summed E-state index contributed by atoms with van der Waals surface area (Å²) >= 11 is 1.14. The van der Waals surface area contributed by atoms with E-state index in [0.717, 1.165) is 11.8 Å². The van der Waals surface area contributed by atoms with Crippen molar-refractivity contribution >= 4 is 29.3 Å². The van der Waals surface area contributed by atoms with Gasteiger partial charge in [-0.3, -0.25) is 9.59 Å². The monoisotopic (exact) mass is 399 g/mol. The van der Waals surface area contributed by atoms with Crippen LogP contribution in [-0.2, 0) is 23.1 Å². The molecule has 0 spiro atoms. The molecule has 0 saturated heterocycles. The lowest BCUT2D eigenvalue weighted by Gasteiger charge is -2.06. The molecule has 2 heterocycles. The van der Waals surface area contributed by atoms with Crippen molar-refractivity contribution < 1.29 is 27.8 Å². The van der Waals surface area contributed by atoms with E-state index in [1.54, 1.807) is 11.6 Å². The normalized spacial score (nSPS) is 14.2. The number of alkyl halides is 2. The van der Waals surface area contributed by atoms with Crippen molar-refractivity contribution in [2.75, 3.05) is 11.1 Å². The smallest absolute Gasteiger partial charge is 0.395 e. The summed E-state index contributed by atoms with van der Waals surface area (Å²) < 4.78 is 36.3. The summed E-state index contributed by atoms with van der Waals surface area (Å²) in [6, 6.07) is 3.96. The van der Waals surface area contributed by atoms with Gasteiger partial charge < -0.3 is 25.1 Å². The van der Waals surface area contributed by atoms with Gasteiger partial charge in [-0.1, -0.05) is 11.8 Å². The summed E-state index contributed by atoms with van der Waals surface area (Å²) in [7, 11) is 1.72. The number of carbonyl (C=O) groups excluding carboxylic acids is 2. The second-order valence-corrected chi connectivity index (χ2v) is 6.53. The molecule has 0 unspecified atom stereocenters. The number of halogens is 2. The Labute approximate surface area is 156 Å². The summed E-state index contributed by atoms with van der Waals surface area (Å²) in [6.07, 6.45) is -3.20. The minimum atomic E-state index is -3.71. The van der Waals surface area contributed by atoms with E-state index in [-0.39, 0.29) is 29.6 Å². The largest absolute Gasteiger partial charge is 0.586 e. The molecule has 1 aromatic carbocycles. The van der Waals surface area contributed by atoms with Crippen LogP contribution in [0.3, 0.4) is 0 Å². The van der Waals surface area contributed by atoms with Crippen molar-refractivity contribution in [2.45, 2.75) is 24.3 Å². The number of rotatable bonds is 7. The van der Waals surface area contributed by atoms with Crippen molar-refractivity contribution in [1.82, 2.24) is 14.8 Å². The molecule has 2 amide bonds. The molecule has 0 bridgehead atoms. The maximum atomic E-state index is 13.0. The maximum absolute atomic E-state index is 13.0. The SMILES string of the molecule is Cn1c(CCC(N)=O)nnc1SCC(=O)Nc1ccc2c(c1)OC(F)(F)O2. The van der Waals surface area contributed by atoms with E-state index in [0.29, 0.717) is 23.1 Å². The number of benzene rings is 1. The Balaban J connectivity index is 1.54. The molecular weight excluding hydrogens is 384 g/mol. The van der Waals surface area contributed by atoms with Crippen LogP contribution >= 0.6 is 11.8 Å². The van der Waals surface area contributed by atoms with Gasteiger partial charge in [-0.05, 0) is 12.1 Å². The highest BCUT2D eigenvalue weighted by Gasteiger charge is 2.43. The maximum Gasteiger partial charge on any atom is 0.586 e.